The number of nitrogens with zero attached hydrogens (tertiary/aromatic N) is 1. The summed E-state index contributed by atoms with van der Waals surface area (Å²) in [6.45, 7) is 0.689. The van der Waals surface area contributed by atoms with Crippen molar-refractivity contribution in [2.24, 2.45) is 0 Å². The zero-order chi connectivity index (χ0) is 12.3. The van der Waals surface area contributed by atoms with Gasteiger partial charge in [-0.2, -0.15) is 0 Å². The van der Waals surface area contributed by atoms with Crippen molar-refractivity contribution in [1.82, 2.24) is 4.98 Å². The van der Waals surface area contributed by atoms with E-state index in [9.17, 15) is 0 Å². The van der Waals surface area contributed by atoms with Gasteiger partial charge in [-0.25, -0.2) is 0 Å². The molecule has 0 aliphatic carbocycles. The van der Waals surface area contributed by atoms with E-state index < -0.39 is 0 Å². The molecule has 17 heavy (non-hydrogen) atoms. The predicted molar refractivity (Wildman–Crippen MR) is 81.1 cm³/mol. The summed E-state index contributed by atoms with van der Waals surface area (Å²) in [6, 6.07) is 9.96. The topological polar surface area (TPSA) is 24.9 Å². The molecule has 0 spiro atoms. The van der Waals surface area contributed by atoms with E-state index in [0.717, 1.165) is 24.8 Å². The Bertz CT molecular complexity index is 491. The molecule has 0 saturated carbocycles. The lowest BCUT2D eigenvalue weighted by atomic mass is 10.3. The van der Waals surface area contributed by atoms with Crippen LogP contribution in [0.1, 0.15) is 5.69 Å². The van der Waals surface area contributed by atoms with Crippen molar-refractivity contribution in [2.45, 2.75) is 6.54 Å². The Morgan fingerprint density at radius 1 is 1.00 bits per heavy atom. The molecule has 1 heterocycles. The molecule has 2 nitrogen and oxygen atoms in total. The number of pyridine rings is 1. The Hall–Kier alpha value is -0.390. The molecule has 0 atom stereocenters. The molecule has 1 aromatic heterocycles. The number of hydrogen-bond donors (Lipinski definition) is 1. The van der Waals surface area contributed by atoms with Gasteiger partial charge in [-0.3, -0.25) is 4.98 Å². The van der Waals surface area contributed by atoms with Gasteiger partial charge in [0.2, 0.25) is 0 Å². The van der Waals surface area contributed by atoms with Gasteiger partial charge in [-0.15, -0.1) is 0 Å². The molecule has 0 fully saturated rings. The minimum absolute atomic E-state index is 0.689. The van der Waals surface area contributed by atoms with Crippen molar-refractivity contribution in [1.29, 1.82) is 0 Å². The lowest BCUT2D eigenvalue weighted by Gasteiger charge is -2.10. The Labute approximate surface area is 125 Å². The average molecular weight is 421 g/mol. The van der Waals surface area contributed by atoms with Gasteiger partial charge in [0.05, 0.1) is 17.9 Å². The van der Waals surface area contributed by atoms with Crippen LogP contribution >= 0.6 is 47.8 Å². The van der Waals surface area contributed by atoms with E-state index >= 15 is 0 Å². The maximum absolute atomic E-state index is 4.31. The van der Waals surface area contributed by atoms with E-state index in [1.165, 1.54) is 0 Å². The first-order valence-electron chi connectivity index (χ1n) is 4.95. The van der Waals surface area contributed by atoms with Gasteiger partial charge in [0, 0.05) is 19.6 Å². The third-order valence-corrected chi connectivity index (χ3v) is 3.99. The minimum atomic E-state index is 0.689. The normalized spacial score (nSPS) is 10.3. The van der Waals surface area contributed by atoms with E-state index in [1.54, 1.807) is 6.20 Å². The molecule has 0 amide bonds. The summed E-state index contributed by atoms with van der Waals surface area (Å²) < 4.78 is 3.05. The SMILES string of the molecule is Brc1ccc(CNc2c(Br)cccc2Br)nc1. The van der Waals surface area contributed by atoms with Crippen LogP contribution in [0.4, 0.5) is 5.69 Å². The zero-order valence-electron chi connectivity index (χ0n) is 8.75. The molecule has 0 bridgehead atoms. The second-order valence-electron chi connectivity index (χ2n) is 3.42. The van der Waals surface area contributed by atoms with Gasteiger partial charge >= 0.3 is 0 Å². The molecule has 0 aliphatic heterocycles. The van der Waals surface area contributed by atoms with Crippen LogP contribution in [0.25, 0.3) is 0 Å². The van der Waals surface area contributed by atoms with Crippen LogP contribution in [-0.4, -0.2) is 4.98 Å². The average Bonchev–Trinajstić information content (AvgIpc) is 2.31. The fourth-order valence-corrected chi connectivity index (χ4v) is 2.87. The number of aromatic nitrogens is 1. The van der Waals surface area contributed by atoms with Crippen LogP contribution in [0.3, 0.4) is 0 Å². The van der Waals surface area contributed by atoms with Crippen LogP contribution in [0.15, 0.2) is 49.9 Å². The highest BCUT2D eigenvalue weighted by Crippen LogP contribution is 2.30. The monoisotopic (exact) mass is 418 g/mol. The van der Waals surface area contributed by atoms with Gasteiger partial charge in [-0.1, -0.05) is 6.07 Å². The lowest BCUT2D eigenvalue weighted by Crippen LogP contribution is -2.02. The lowest BCUT2D eigenvalue weighted by molar-refractivity contribution is 1.04. The summed E-state index contributed by atoms with van der Waals surface area (Å²) in [4.78, 5) is 4.31. The number of nitrogens with one attached hydrogen (secondary N) is 1. The van der Waals surface area contributed by atoms with E-state index in [4.69, 9.17) is 0 Å². The Kier molecular flexibility index (Phi) is 4.59. The molecule has 2 rings (SSSR count). The predicted octanol–water partition coefficient (Wildman–Crippen LogP) is 4.98. The molecule has 1 aromatic carbocycles. The summed E-state index contributed by atoms with van der Waals surface area (Å²) in [6.07, 6.45) is 1.80. The summed E-state index contributed by atoms with van der Waals surface area (Å²) in [5.74, 6) is 0. The summed E-state index contributed by atoms with van der Waals surface area (Å²) in [5.41, 5.74) is 2.04. The summed E-state index contributed by atoms with van der Waals surface area (Å²) >= 11 is 10.4. The van der Waals surface area contributed by atoms with Gasteiger partial charge in [0.25, 0.3) is 0 Å². The van der Waals surface area contributed by atoms with Crippen molar-refractivity contribution in [2.75, 3.05) is 5.32 Å². The van der Waals surface area contributed by atoms with Gasteiger partial charge in [0.1, 0.15) is 0 Å². The number of hydrogen-bond acceptors (Lipinski definition) is 2. The number of para-hydroxylation sites is 1. The largest absolute Gasteiger partial charge is 0.378 e. The molecular formula is C12H9Br3N2. The molecule has 1 N–H and O–H groups in total. The maximum atomic E-state index is 4.31. The Balaban J connectivity index is 2.10. The standard InChI is InChI=1S/C12H9Br3N2/c13-8-4-5-9(16-6-8)7-17-12-10(14)2-1-3-11(12)15/h1-6,17H,7H2. The maximum Gasteiger partial charge on any atom is 0.0632 e. The van der Waals surface area contributed by atoms with Crippen LogP contribution in [0.5, 0.6) is 0 Å². The second kappa shape index (κ2) is 5.98. The molecule has 5 heteroatoms. The van der Waals surface area contributed by atoms with E-state index in [2.05, 4.69) is 58.1 Å². The number of halogens is 3. The highest BCUT2D eigenvalue weighted by Gasteiger charge is 2.04. The quantitative estimate of drug-likeness (QED) is 0.757. The third kappa shape index (κ3) is 3.53. The molecule has 0 unspecified atom stereocenters. The molecule has 88 valence electrons. The van der Waals surface area contributed by atoms with Crippen LogP contribution in [0, 0.1) is 0 Å². The highest BCUT2D eigenvalue weighted by molar-refractivity contribution is 9.11. The van der Waals surface area contributed by atoms with E-state index in [0.29, 0.717) is 6.54 Å². The minimum Gasteiger partial charge on any atom is -0.378 e. The number of anilines is 1. The Morgan fingerprint density at radius 2 is 1.71 bits per heavy atom. The first kappa shape index (κ1) is 13.1. The highest BCUT2D eigenvalue weighted by atomic mass is 79.9. The van der Waals surface area contributed by atoms with Crippen molar-refractivity contribution in [3.63, 3.8) is 0 Å². The summed E-state index contributed by atoms with van der Waals surface area (Å²) in [7, 11) is 0. The van der Waals surface area contributed by atoms with E-state index in [-0.39, 0.29) is 0 Å². The first-order valence-corrected chi connectivity index (χ1v) is 7.33. The smallest absolute Gasteiger partial charge is 0.0632 e. The molecule has 0 saturated heterocycles. The molecular weight excluding hydrogens is 412 g/mol. The van der Waals surface area contributed by atoms with Crippen LogP contribution in [-0.2, 0) is 6.54 Å². The van der Waals surface area contributed by atoms with Gasteiger partial charge < -0.3 is 5.32 Å². The van der Waals surface area contributed by atoms with Crippen LogP contribution < -0.4 is 5.32 Å². The second-order valence-corrected chi connectivity index (χ2v) is 6.04. The molecule has 2 aromatic rings. The number of benzene rings is 1. The Morgan fingerprint density at radius 3 is 2.29 bits per heavy atom. The van der Waals surface area contributed by atoms with Crippen molar-refractivity contribution < 1.29 is 0 Å². The van der Waals surface area contributed by atoms with Crippen molar-refractivity contribution in [3.8, 4) is 0 Å². The fourth-order valence-electron chi connectivity index (χ4n) is 1.36. The molecule has 0 radical (unpaired) electrons. The van der Waals surface area contributed by atoms with Crippen molar-refractivity contribution in [3.05, 3.63) is 55.6 Å². The third-order valence-electron chi connectivity index (χ3n) is 2.20. The fraction of sp³-hybridized carbons (Fsp3) is 0.0833. The van der Waals surface area contributed by atoms with Crippen molar-refractivity contribution >= 4 is 53.5 Å². The van der Waals surface area contributed by atoms with Gasteiger partial charge in [0.15, 0.2) is 0 Å². The van der Waals surface area contributed by atoms with Crippen LogP contribution in [0.2, 0.25) is 0 Å². The molecule has 0 aliphatic rings. The number of rotatable bonds is 3. The van der Waals surface area contributed by atoms with E-state index in [1.807, 2.05) is 30.3 Å². The summed E-state index contributed by atoms with van der Waals surface area (Å²) in [5, 5.41) is 3.35. The zero-order valence-corrected chi connectivity index (χ0v) is 13.5. The van der Waals surface area contributed by atoms with Gasteiger partial charge in [-0.05, 0) is 72.1 Å². The first-order chi connectivity index (χ1) is 8.16.